The second-order valence-corrected chi connectivity index (χ2v) is 10.1. The van der Waals surface area contributed by atoms with Gasteiger partial charge in [0.05, 0.1) is 0 Å². The minimum Gasteiger partial charge on any atom is -0.461 e. The first-order valence-electron chi connectivity index (χ1n) is 14.7. The fourth-order valence-electron chi connectivity index (χ4n) is 4.79. The lowest BCUT2D eigenvalue weighted by Gasteiger charge is -2.25. The number of hydrogen-bond acceptors (Lipinski definition) is 3. The van der Waals surface area contributed by atoms with E-state index >= 15 is 0 Å². The lowest BCUT2D eigenvalue weighted by Crippen LogP contribution is -2.34. The molecule has 0 aromatic rings. The summed E-state index contributed by atoms with van der Waals surface area (Å²) in [5.41, 5.74) is 0. The van der Waals surface area contributed by atoms with Crippen molar-refractivity contribution in [2.24, 2.45) is 5.92 Å². The van der Waals surface area contributed by atoms with Crippen molar-refractivity contribution in [3.05, 3.63) is 12.7 Å². The van der Waals surface area contributed by atoms with Gasteiger partial charge in [0, 0.05) is 18.7 Å². The summed E-state index contributed by atoms with van der Waals surface area (Å²) in [6.07, 6.45) is 28.5. The predicted octanol–water partition coefficient (Wildman–Crippen LogP) is 9.15. The van der Waals surface area contributed by atoms with Gasteiger partial charge in [-0.1, -0.05) is 143 Å². The summed E-state index contributed by atoms with van der Waals surface area (Å²) in [5.74, 6) is 0.512. The summed E-state index contributed by atoms with van der Waals surface area (Å²) >= 11 is 0. The zero-order valence-corrected chi connectivity index (χ0v) is 22.8. The molecule has 0 aliphatic rings. The fourth-order valence-corrected chi connectivity index (χ4v) is 4.79. The zero-order valence-electron chi connectivity index (χ0n) is 22.8. The van der Waals surface area contributed by atoms with Gasteiger partial charge in [0.25, 0.3) is 0 Å². The van der Waals surface area contributed by atoms with E-state index in [1.54, 1.807) is 0 Å². The molecule has 33 heavy (non-hydrogen) atoms. The molecule has 1 N–H and O–H groups in total. The normalized spacial score (nSPS) is 13.1. The van der Waals surface area contributed by atoms with Gasteiger partial charge in [0.2, 0.25) is 0 Å². The van der Waals surface area contributed by atoms with E-state index in [0.29, 0.717) is 12.6 Å². The van der Waals surface area contributed by atoms with Crippen LogP contribution in [0.15, 0.2) is 12.7 Å². The van der Waals surface area contributed by atoms with Gasteiger partial charge < -0.3 is 10.1 Å². The molecule has 3 heteroatoms. The van der Waals surface area contributed by atoms with Gasteiger partial charge in [-0.3, -0.25) is 0 Å². The van der Waals surface area contributed by atoms with Crippen LogP contribution in [0, 0.1) is 5.92 Å². The maximum atomic E-state index is 11.3. The van der Waals surface area contributed by atoms with Gasteiger partial charge in [0.1, 0.15) is 6.61 Å². The van der Waals surface area contributed by atoms with Crippen molar-refractivity contribution in [3.63, 3.8) is 0 Å². The van der Waals surface area contributed by atoms with E-state index in [9.17, 15) is 4.79 Å². The number of rotatable bonds is 26. The Labute approximate surface area is 207 Å². The third kappa shape index (κ3) is 22.7. The average molecular weight is 466 g/mol. The summed E-state index contributed by atoms with van der Waals surface area (Å²) in [5, 5.41) is 3.72. The second kappa shape index (κ2) is 25.8. The van der Waals surface area contributed by atoms with Crippen molar-refractivity contribution in [3.8, 4) is 0 Å². The fraction of sp³-hybridized carbons (Fsp3) is 0.900. The Balaban J connectivity index is 4.39. The minimum absolute atomic E-state index is 0.320. The first-order chi connectivity index (χ1) is 16.2. The van der Waals surface area contributed by atoms with Crippen molar-refractivity contribution in [1.82, 2.24) is 5.32 Å². The van der Waals surface area contributed by atoms with Gasteiger partial charge in [-0.05, 0) is 18.8 Å². The van der Waals surface area contributed by atoms with Crippen molar-refractivity contribution >= 4 is 5.97 Å². The number of unbranched alkanes of at least 4 members (excludes halogenated alkanes) is 13. The van der Waals surface area contributed by atoms with E-state index in [2.05, 4.69) is 32.7 Å². The van der Waals surface area contributed by atoms with Gasteiger partial charge >= 0.3 is 5.97 Å². The number of carbonyl (C=O) groups excluding carboxylic acids is 1. The molecule has 3 nitrogen and oxygen atoms in total. The van der Waals surface area contributed by atoms with E-state index in [0.717, 1.165) is 12.5 Å². The molecule has 0 rings (SSSR count). The Morgan fingerprint density at radius 3 is 1.76 bits per heavy atom. The second-order valence-electron chi connectivity index (χ2n) is 10.1. The highest BCUT2D eigenvalue weighted by Crippen LogP contribution is 2.24. The quantitative estimate of drug-likeness (QED) is 0.0786. The smallest absolute Gasteiger partial charge is 0.330 e. The van der Waals surface area contributed by atoms with Crippen LogP contribution in [-0.2, 0) is 9.53 Å². The molecule has 0 aliphatic carbocycles. The maximum absolute atomic E-state index is 11.3. The van der Waals surface area contributed by atoms with Gasteiger partial charge in [-0.2, -0.15) is 0 Å². The van der Waals surface area contributed by atoms with E-state index in [1.165, 1.54) is 134 Å². The van der Waals surface area contributed by atoms with Crippen LogP contribution in [0.1, 0.15) is 149 Å². The van der Waals surface area contributed by atoms with E-state index in [-0.39, 0.29) is 5.97 Å². The van der Waals surface area contributed by atoms with E-state index in [4.69, 9.17) is 4.74 Å². The Morgan fingerprint density at radius 2 is 1.21 bits per heavy atom. The van der Waals surface area contributed by atoms with Crippen LogP contribution in [0.3, 0.4) is 0 Å². The molecule has 0 aromatic carbocycles. The van der Waals surface area contributed by atoms with E-state index < -0.39 is 0 Å². The zero-order chi connectivity index (χ0) is 24.4. The van der Waals surface area contributed by atoms with E-state index in [1.807, 2.05) is 0 Å². The molecule has 0 saturated carbocycles. The van der Waals surface area contributed by atoms with Crippen LogP contribution >= 0.6 is 0 Å². The average Bonchev–Trinajstić information content (AvgIpc) is 2.83. The first kappa shape index (κ1) is 32.2. The molecule has 2 atom stereocenters. The number of ether oxygens (including phenoxy) is 1. The third-order valence-electron chi connectivity index (χ3n) is 6.90. The number of carbonyl (C=O) groups is 1. The molecule has 0 heterocycles. The van der Waals surface area contributed by atoms with Crippen molar-refractivity contribution < 1.29 is 9.53 Å². The lowest BCUT2D eigenvalue weighted by atomic mass is 9.87. The van der Waals surface area contributed by atoms with Crippen LogP contribution in [0.5, 0.6) is 0 Å². The van der Waals surface area contributed by atoms with Crippen LogP contribution in [0.25, 0.3) is 0 Å². The molecule has 0 aliphatic heterocycles. The van der Waals surface area contributed by atoms with Gasteiger partial charge in [-0.15, -0.1) is 0 Å². The largest absolute Gasteiger partial charge is 0.461 e. The monoisotopic (exact) mass is 465 g/mol. The summed E-state index contributed by atoms with van der Waals surface area (Å²) in [6.45, 7) is 11.5. The minimum atomic E-state index is -0.320. The topological polar surface area (TPSA) is 38.3 Å². The number of nitrogens with one attached hydrogen (secondary N) is 1. The van der Waals surface area contributed by atoms with Crippen molar-refractivity contribution in [2.75, 3.05) is 13.2 Å². The number of hydrogen-bond donors (Lipinski definition) is 1. The predicted molar refractivity (Wildman–Crippen MR) is 146 cm³/mol. The van der Waals surface area contributed by atoms with Crippen LogP contribution in [0.2, 0.25) is 0 Å². The maximum Gasteiger partial charge on any atom is 0.330 e. The summed E-state index contributed by atoms with van der Waals surface area (Å²) in [6, 6.07) is 0.550. The summed E-state index contributed by atoms with van der Waals surface area (Å²) < 4.78 is 5.18. The van der Waals surface area contributed by atoms with Crippen LogP contribution in [0.4, 0.5) is 0 Å². The third-order valence-corrected chi connectivity index (χ3v) is 6.90. The molecule has 2 unspecified atom stereocenters. The molecule has 0 aromatic heterocycles. The highest BCUT2D eigenvalue weighted by molar-refractivity contribution is 5.81. The lowest BCUT2D eigenvalue weighted by molar-refractivity contribution is -0.137. The molecular formula is C30H59NO2. The first-order valence-corrected chi connectivity index (χ1v) is 14.7. The Kier molecular flexibility index (Phi) is 25.1. The van der Waals surface area contributed by atoms with Gasteiger partial charge in [0.15, 0.2) is 0 Å². The van der Waals surface area contributed by atoms with Gasteiger partial charge in [-0.25, -0.2) is 4.79 Å². The summed E-state index contributed by atoms with van der Waals surface area (Å²) in [4.78, 5) is 11.3. The highest BCUT2D eigenvalue weighted by atomic mass is 16.5. The van der Waals surface area contributed by atoms with Crippen molar-refractivity contribution in [2.45, 2.75) is 155 Å². The van der Waals surface area contributed by atoms with Crippen LogP contribution < -0.4 is 5.32 Å². The summed E-state index contributed by atoms with van der Waals surface area (Å²) in [7, 11) is 0. The molecule has 196 valence electrons. The Bertz CT molecular complexity index is 424. The molecule has 0 fully saturated rings. The SMILES string of the molecule is C=CC(=O)OCCNC(CCCCCCC)CC(CCCC)CCCCCCCCCCC. The standard InChI is InChI=1S/C30H59NO2/c1-5-9-12-14-15-16-17-19-20-23-28(22-11-7-3)27-29(24-21-18-13-10-6-2)31-25-26-33-30(32)8-4/h8,28-29,31H,4-7,9-27H2,1-3H3. The molecule has 0 radical (unpaired) electrons. The van der Waals surface area contributed by atoms with Crippen molar-refractivity contribution in [1.29, 1.82) is 0 Å². The highest BCUT2D eigenvalue weighted by Gasteiger charge is 2.16. The molecular weight excluding hydrogens is 406 g/mol. The Morgan fingerprint density at radius 1 is 0.727 bits per heavy atom. The molecule has 0 bridgehead atoms. The molecule has 0 saturated heterocycles. The number of esters is 1. The molecule has 0 amide bonds. The Hall–Kier alpha value is -0.830. The van der Waals surface area contributed by atoms with Crippen LogP contribution in [-0.4, -0.2) is 25.2 Å². The molecule has 0 spiro atoms.